The van der Waals surface area contributed by atoms with E-state index in [1.165, 1.54) is 10.4 Å². The lowest BCUT2D eigenvalue weighted by molar-refractivity contribution is 0.0945. The molecule has 1 fully saturated rings. The highest BCUT2D eigenvalue weighted by Gasteiger charge is 2.31. The molecule has 1 unspecified atom stereocenters. The molecule has 0 aliphatic carbocycles. The average Bonchev–Trinajstić information content (AvgIpc) is 2.55. The number of nitrogens with zero attached hydrogens (tertiary/aromatic N) is 1. The van der Waals surface area contributed by atoms with Crippen LogP contribution in [0.1, 0.15) is 35.7 Å². The van der Waals surface area contributed by atoms with E-state index in [0.717, 1.165) is 24.8 Å². The van der Waals surface area contributed by atoms with Crippen molar-refractivity contribution < 1.29 is 13.2 Å². The van der Waals surface area contributed by atoms with Crippen molar-refractivity contribution in [2.45, 2.75) is 37.1 Å². The molecule has 1 aromatic rings. The number of hydrogen-bond donors (Lipinski definition) is 2. The maximum absolute atomic E-state index is 12.8. The third kappa shape index (κ3) is 3.13. The highest BCUT2D eigenvalue weighted by molar-refractivity contribution is 7.89. The maximum atomic E-state index is 12.8. The van der Waals surface area contributed by atoms with Crippen LogP contribution < -0.4 is 11.1 Å². The monoisotopic (exact) mass is 337 g/mol. The summed E-state index contributed by atoms with van der Waals surface area (Å²) >= 11 is 0. The van der Waals surface area contributed by atoms with Crippen molar-refractivity contribution in [2.24, 2.45) is 11.7 Å². The first-order valence-electron chi connectivity index (χ1n) is 8.06. The number of nitrogens with two attached hydrogens (primary N) is 1. The molecule has 7 heteroatoms. The van der Waals surface area contributed by atoms with E-state index in [1.807, 2.05) is 6.92 Å². The number of carbonyl (C=O) groups is 1. The molecule has 0 saturated carbocycles. The Hall–Kier alpha value is -1.44. The quantitative estimate of drug-likeness (QED) is 0.850. The fourth-order valence-corrected chi connectivity index (χ4v) is 4.84. The van der Waals surface area contributed by atoms with Gasteiger partial charge in [-0.05, 0) is 49.8 Å². The van der Waals surface area contributed by atoms with E-state index in [4.69, 9.17) is 5.73 Å². The molecule has 3 rings (SSSR count). The Labute approximate surface area is 137 Å². The summed E-state index contributed by atoms with van der Waals surface area (Å²) in [5, 5.41) is 2.75. The molecule has 1 saturated heterocycles. The summed E-state index contributed by atoms with van der Waals surface area (Å²) in [6, 6.07) is 4.98. The van der Waals surface area contributed by atoms with E-state index in [1.54, 1.807) is 12.1 Å². The lowest BCUT2D eigenvalue weighted by Crippen LogP contribution is -2.42. The molecule has 1 atom stereocenters. The van der Waals surface area contributed by atoms with Crippen molar-refractivity contribution in [3.05, 3.63) is 29.3 Å². The van der Waals surface area contributed by atoms with Crippen molar-refractivity contribution in [3.63, 3.8) is 0 Å². The molecular formula is C16H23N3O3S. The summed E-state index contributed by atoms with van der Waals surface area (Å²) < 4.78 is 27.1. The summed E-state index contributed by atoms with van der Waals surface area (Å²) in [5.74, 6) is 0.176. The van der Waals surface area contributed by atoms with Crippen molar-refractivity contribution in [3.8, 4) is 0 Å². The largest absolute Gasteiger partial charge is 0.352 e. The van der Waals surface area contributed by atoms with Crippen LogP contribution in [0.4, 0.5) is 0 Å². The normalized spacial score (nSPS) is 21.6. The molecule has 23 heavy (non-hydrogen) atoms. The van der Waals surface area contributed by atoms with Gasteiger partial charge < -0.3 is 11.1 Å². The van der Waals surface area contributed by atoms with Crippen LogP contribution in [-0.4, -0.2) is 44.3 Å². The van der Waals surface area contributed by atoms with Gasteiger partial charge in [-0.1, -0.05) is 6.07 Å². The van der Waals surface area contributed by atoms with Crippen LogP contribution in [0.25, 0.3) is 0 Å². The molecule has 2 aliphatic rings. The second kappa shape index (κ2) is 6.22. The minimum Gasteiger partial charge on any atom is -0.352 e. The van der Waals surface area contributed by atoms with Gasteiger partial charge in [-0.2, -0.15) is 4.31 Å². The van der Waals surface area contributed by atoms with Crippen LogP contribution in [0.5, 0.6) is 0 Å². The second-order valence-corrected chi connectivity index (χ2v) is 8.36. The van der Waals surface area contributed by atoms with Crippen LogP contribution in [-0.2, 0) is 16.4 Å². The van der Waals surface area contributed by atoms with Gasteiger partial charge in [0.1, 0.15) is 0 Å². The first-order valence-corrected chi connectivity index (χ1v) is 9.50. The molecule has 0 aromatic heterocycles. The molecule has 2 aliphatic heterocycles. The van der Waals surface area contributed by atoms with Gasteiger partial charge in [-0.15, -0.1) is 0 Å². The molecule has 126 valence electrons. The van der Waals surface area contributed by atoms with E-state index < -0.39 is 10.0 Å². The van der Waals surface area contributed by atoms with E-state index in [2.05, 4.69) is 5.32 Å². The predicted molar refractivity (Wildman–Crippen MR) is 87.6 cm³/mol. The summed E-state index contributed by atoms with van der Waals surface area (Å²) in [6.07, 6.45) is 2.30. The number of hydrogen-bond acceptors (Lipinski definition) is 4. The fraction of sp³-hybridized carbons (Fsp3) is 0.562. The zero-order chi connectivity index (χ0) is 16.6. The number of benzene rings is 1. The van der Waals surface area contributed by atoms with Crippen LogP contribution in [0.2, 0.25) is 0 Å². The van der Waals surface area contributed by atoms with Gasteiger partial charge in [0, 0.05) is 31.2 Å². The molecule has 0 bridgehead atoms. The van der Waals surface area contributed by atoms with Crippen LogP contribution in [0.15, 0.2) is 23.1 Å². The molecule has 3 N–H and O–H groups in total. The summed E-state index contributed by atoms with van der Waals surface area (Å²) in [7, 11) is -3.56. The molecule has 2 heterocycles. The summed E-state index contributed by atoms with van der Waals surface area (Å²) in [6.45, 7) is 3.54. The molecule has 0 radical (unpaired) electrons. The van der Waals surface area contributed by atoms with Crippen LogP contribution >= 0.6 is 0 Å². The van der Waals surface area contributed by atoms with Gasteiger partial charge in [-0.25, -0.2) is 8.42 Å². The zero-order valence-corrected chi connectivity index (χ0v) is 14.1. The van der Waals surface area contributed by atoms with Crippen LogP contribution in [0, 0.1) is 5.92 Å². The number of carbonyl (C=O) groups excluding carboxylic acids is 1. The van der Waals surface area contributed by atoms with Crippen molar-refractivity contribution in [2.75, 3.05) is 19.6 Å². The standard InChI is InChI=1S/C16H23N3O3S/c1-11(17)12-5-8-19(9-6-12)23(21,22)14-3-2-13-4-7-18-16(20)15(13)10-14/h2-3,10-12H,4-9,17H2,1H3,(H,18,20). The SMILES string of the molecule is CC(N)C1CCN(S(=O)(=O)c2ccc3c(c2)C(=O)NCC3)CC1. The Kier molecular flexibility index (Phi) is 4.44. The van der Waals surface area contributed by atoms with Crippen LogP contribution in [0.3, 0.4) is 0 Å². The zero-order valence-electron chi connectivity index (χ0n) is 13.3. The fourth-order valence-electron chi connectivity index (χ4n) is 3.34. The molecule has 6 nitrogen and oxygen atoms in total. The Morgan fingerprint density at radius 1 is 1.30 bits per heavy atom. The Bertz CT molecular complexity index is 707. The number of rotatable bonds is 3. The number of nitrogens with one attached hydrogen (secondary N) is 1. The first kappa shape index (κ1) is 16.4. The van der Waals surface area contributed by atoms with Gasteiger partial charge in [0.05, 0.1) is 4.90 Å². The van der Waals surface area contributed by atoms with Crippen molar-refractivity contribution >= 4 is 15.9 Å². The van der Waals surface area contributed by atoms with Gasteiger partial charge in [0.25, 0.3) is 5.91 Å². The predicted octanol–water partition coefficient (Wildman–Crippen LogP) is 0.720. The summed E-state index contributed by atoms with van der Waals surface area (Å²) in [4.78, 5) is 12.1. The van der Waals surface area contributed by atoms with Gasteiger partial charge in [-0.3, -0.25) is 4.79 Å². The third-order valence-corrected chi connectivity index (χ3v) is 6.78. The van der Waals surface area contributed by atoms with E-state index >= 15 is 0 Å². The lowest BCUT2D eigenvalue weighted by Gasteiger charge is -2.33. The van der Waals surface area contributed by atoms with Gasteiger partial charge in [0.2, 0.25) is 10.0 Å². The Morgan fingerprint density at radius 3 is 2.65 bits per heavy atom. The minimum atomic E-state index is -3.56. The number of amides is 1. The van der Waals surface area contributed by atoms with Gasteiger partial charge in [0.15, 0.2) is 0 Å². The molecule has 1 aromatic carbocycles. The summed E-state index contributed by atoms with van der Waals surface area (Å²) in [5.41, 5.74) is 7.29. The van der Waals surface area contributed by atoms with Crippen molar-refractivity contribution in [1.82, 2.24) is 9.62 Å². The van der Waals surface area contributed by atoms with Gasteiger partial charge >= 0.3 is 0 Å². The average molecular weight is 337 g/mol. The number of sulfonamides is 1. The minimum absolute atomic E-state index is 0.0901. The Morgan fingerprint density at radius 2 is 2.00 bits per heavy atom. The van der Waals surface area contributed by atoms with Crippen molar-refractivity contribution in [1.29, 1.82) is 0 Å². The number of piperidine rings is 1. The Balaban J connectivity index is 1.83. The van der Waals surface area contributed by atoms with E-state index in [0.29, 0.717) is 31.1 Å². The second-order valence-electron chi connectivity index (χ2n) is 6.43. The lowest BCUT2D eigenvalue weighted by atomic mass is 9.92. The third-order valence-electron chi connectivity index (χ3n) is 4.89. The maximum Gasteiger partial charge on any atom is 0.251 e. The smallest absolute Gasteiger partial charge is 0.251 e. The molecular weight excluding hydrogens is 314 g/mol. The highest BCUT2D eigenvalue weighted by atomic mass is 32.2. The van der Waals surface area contributed by atoms with E-state index in [-0.39, 0.29) is 16.8 Å². The first-order chi connectivity index (χ1) is 10.9. The van der Waals surface area contributed by atoms with E-state index in [9.17, 15) is 13.2 Å². The number of fused-ring (bicyclic) bond motifs is 1. The molecule has 1 amide bonds. The molecule has 0 spiro atoms. The highest BCUT2D eigenvalue weighted by Crippen LogP contribution is 2.27. The topological polar surface area (TPSA) is 92.5 Å².